The summed E-state index contributed by atoms with van der Waals surface area (Å²) >= 11 is 0. The van der Waals surface area contributed by atoms with Crippen LogP contribution in [0, 0.1) is 5.82 Å². The van der Waals surface area contributed by atoms with Crippen LogP contribution in [0.5, 0.6) is 0 Å². The molecule has 3 heteroatoms. The number of aromatic nitrogens is 1. The van der Waals surface area contributed by atoms with Crippen molar-refractivity contribution < 1.29 is 9.18 Å². The van der Waals surface area contributed by atoms with Crippen LogP contribution in [0.3, 0.4) is 0 Å². The molecule has 0 atom stereocenters. The fourth-order valence-electron chi connectivity index (χ4n) is 1.96. The van der Waals surface area contributed by atoms with Gasteiger partial charge in [0, 0.05) is 28.2 Å². The molecular formula is C15H10FNO. The summed E-state index contributed by atoms with van der Waals surface area (Å²) < 4.78 is 12.8. The van der Waals surface area contributed by atoms with Crippen LogP contribution < -0.4 is 0 Å². The van der Waals surface area contributed by atoms with Gasteiger partial charge in [-0.2, -0.15) is 0 Å². The number of halogens is 1. The van der Waals surface area contributed by atoms with E-state index in [1.165, 1.54) is 24.3 Å². The van der Waals surface area contributed by atoms with Crippen LogP contribution in [0.15, 0.2) is 54.7 Å². The lowest BCUT2D eigenvalue weighted by molar-refractivity contribution is 0.103. The van der Waals surface area contributed by atoms with E-state index in [0.29, 0.717) is 11.1 Å². The van der Waals surface area contributed by atoms with Crippen molar-refractivity contribution >= 4 is 16.7 Å². The fourth-order valence-corrected chi connectivity index (χ4v) is 1.96. The Morgan fingerprint density at radius 2 is 1.67 bits per heavy atom. The molecule has 88 valence electrons. The molecule has 0 aliphatic heterocycles. The molecule has 0 aliphatic rings. The lowest BCUT2D eigenvalue weighted by Gasteiger charge is -2.01. The number of rotatable bonds is 2. The van der Waals surface area contributed by atoms with E-state index in [2.05, 4.69) is 4.98 Å². The van der Waals surface area contributed by atoms with Gasteiger partial charge < -0.3 is 4.98 Å². The first kappa shape index (κ1) is 10.7. The van der Waals surface area contributed by atoms with Gasteiger partial charge >= 0.3 is 0 Å². The molecule has 18 heavy (non-hydrogen) atoms. The number of aromatic amines is 1. The maximum absolute atomic E-state index is 12.8. The first-order valence-corrected chi connectivity index (χ1v) is 5.61. The number of hydrogen-bond donors (Lipinski definition) is 1. The first-order valence-electron chi connectivity index (χ1n) is 5.61. The topological polar surface area (TPSA) is 32.9 Å². The molecule has 0 spiro atoms. The summed E-state index contributed by atoms with van der Waals surface area (Å²) in [5.41, 5.74) is 2.09. The highest BCUT2D eigenvalue weighted by atomic mass is 19.1. The third kappa shape index (κ3) is 1.80. The minimum Gasteiger partial charge on any atom is -0.361 e. The maximum Gasteiger partial charge on any atom is 0.193 e. The second-order valence-corrected chi connectivity index (χ2v) is 4.12. The molecule has 1 heterocycles. The third-order valence-electron chi connectivity index (χ3n) is 2.92. The van der Waals surface area contributed by atoms with Gasteiger partial charge in [-0.25, -0.2) is 4.39 Å². The summed E-state index contributed by atoms with van der Waals surface area (Å²) in [6.45, 7) is 0. The van der Waals surface area contributed by atoms with Crippen LogP contribution in [0.25, 0.3) is 10.9 Å². The Kier molecular flexibility index (Phi) is 2.45. The summed E-state index contributed by atoms with van der Waals surface area (Å²) in [6, 6.07) is 13.0. The van der Waals surface area contributed by atoms with Crippen molar-refractivity contribution in [1.82, 2.24) is 4.98 Å². The highest BCUT2D eigenvalue weighted by Gasteiger charge is 2.09. The molecule has 0 saturated heterocycles. The van der Waals surface area contributed by atoms with Gasteiger partial charge in [0.1, 0.15) is 5.82 Å². The zero-order chi connectivity index (χ0) is 12.5. The minimum absolute atomic E-state index is 0.0990. The predicted molar refractivity (Wildman–Crippen MR) is 68.1 cm³/mol. The molecule has 0 saturated carbocycles. The lowest BCUT2D eigenvalue weighted by Crippen LogP contribution is -2.00. The Bertz CT molecular complexity index is 713. The van der Waals surface area contributed by atoms with Crippen LogP contribution in [0.1, 0.15) is 15.9 Å². The second kappa shape index (κ2) is 4.11. The summed E-state index contributed by atoms with van der Waals surface area (Å²) in [4.78, 5) is 15.3. The maximum atomic E-state index is 12.8. The molecule has 0 unspecified atom stereocenters. The molecule has 2 nitrogen and oxygen atoms in total. The smallest absolute Gasteiger partial charge is 0.193 e. The van der Waals surface area contributed by atoms with Crippen molar-refractivity contribution in [3.63, 3.8) is 0 Å². The van der Waals surface area contributed by atoms with Crippen LogP contribution in [0.2, 0.25) is 0 Å². The van der Waals surface area contributed by atoms with Gasteiger partial charge in [-0.1, -0.05) is 0 Å². The van der Waals surface area contributed by atoms with E-state index in [9.17, 15) is 9.18 Å². The van der Waals surface area contributed by atoms with E-state index in [0.717, 1.165) is 10.9 Å². The average molecular weight is 239 g/mol. The predicted octanol–water partition coefficient (Wildman–Crippen LogP) is 3.54. The van der Waals surface area contributed by atoms with Crippen molar-refractivity contribution in [1.29, 1.82) is 0 Å². The Morgan fingerprint density at radius 3 is 2.44 bits per heavy atom. The molecule has 3 aromatic rings. The number of benzene rings is 2. The molecule has 2 aromatic carbocycles. The van der Waals surface area contributed by atoms with Crippen molar-refractivity contribution in [3.8, 4) is 0 Å². The zero-order valence-corrected chi connectivity index (χ0v) is 9.48. The van der Waals surface area contributed by atoms with Crippen LogP contribution in [-0.2, 0) is 0 Å². The van der Waals surface area contributed by atoms with E-state index in [1.54, 1.807) is 6.07 Å². The van der Waals surface area contributed by atoms with Gasteiger partial charge in [-0.3, -0.25) is 4.79 Å². The molecule has 0 radical (unpaired) electrons. The normalized spacial score (nSPS) is 10.7. The summed E-state index contributed by atoms with van der Waals surface area (Å²) in [5.74, 6) is -0.439. The molecule has 0 amide bonds. The number of hydrogen-bond acceptors (Lipinski definition) is 1. The zero-order valence-electron chi connectivity index (χ0n) is 9.48. The Morgan fingerprint density at radius 1 is 0.944 bits per heavy atom. The Balaban J connectivity index is 2.03. The van der Waals surface area contributed by atoms with Crippen molar-refractivity contribution in [3.05, 3.63) is 71.7 Å². The van der Waals surface area contributed by atoms with Crippen LogP contribution in [0.4, 0.5) is 4.39 Å². The highest BCUT2D eigenvalue weighted by Crippen LogP contribution is 2.17. The van der Waals surface area contributed by atoms with Crippen molar-refractivity contribution in [2.24, 2.45) is 0 Å². The number of ketones is 1. The van der Waals surface area contributed by atoms with Crippen molar-refractivity contribution in [2.75, 3.05) is 0 Å². The van der Waals surface area contributed by atoms with Crippen molar-refractivity contribution in [2.45, 2.75) is 0 Å². The lowest BCUT2D eigenvalue weighted by atomic mass is 10.0. The van der Waals surface area contributed by atoms with Gasteiger partial charge in [-0.15, -0.1) is 0 Å². The SMILES string of the molecule is O=C(c1ccc(F)cc1)c1ccc2[nH]ccc2c1. The van der Waals surface area contributed by atoms with E-state index >= 15 is 0 Å². The number of fused-ring (bicyclic) bond motifs is 1. The molecular weight excluding hydrogens is 229 g/mol. The van der Waals surface area contributed by atoms with Gasteiger partial charge in [0.15, 0.2) is 5.78 Å². The molecule has 0 fully saturated rings. The number of H-pyrrole nitrogens is 1. The van der Waals surface area contributed by atoms with Gasteiger partial charge in [0.25, 0.3) is 0 Å². The van der Waals surface area contributed by atoms with Gasteiger partial charge in [0.2, 0.25) is 0 Å². The number of carbonyl (C=O) groups excluding carboxylic acids is 1. The Hall–Kier alpha value is -2.42. The fraction of sp³-hybridized carbons (Fsp3) is 0. The van der Waals surface area contributed by atoms with Gasteiger partial charge in [-0.05, 0) is 48.5 Å². The molecule has 1 aromatic heterocycles. The van der Waals surface area contributed by atoms with E-state index in [-0.39, 0.29) is 11.6 Å². The highest BCUT2D eigenvalue weighted by molar-refractivity contribution is 6.10. The monoisotopic (exact) mass is 239 g/mol. The minimum atomic E-state index is -0.340. The first-order chi connectivity index (χ1) is 8.74. The number of carbonyl (C=O) groups is 1. The quantitative estimate of drug-likeness (QED) is 0.682. The van der Waals surface area contributed by atoms with E-state index in [1.807, 2.05) is 24.4 Å². The van der Waals surface area contributed by atoms with Crippen LogP contribution in [-0.4, -0.2) is 10.8 Å². The average Bonchev–Trinajstić information content (AvgIpc) is 2.86. The standard InChI is InChI=1S/C15H10FNO/c16-13-4-1-10(2-5-13)15(18)12-3-6-14-11(9-12)7-8-17-14/h1-9,17H. The molecule has 0 aliphatic carbocycles. The summed E-state index contributed by atoms with van der Waals surface area (Å²) in [6.07, 6.45) is 1.83. The summed E-state index contributed by atoms with van der Waals surface area (Å²) in [7, 11) is 0. The molecule has 0 bridgehead atoms. The second-order valence-electron chi connectivity index (χ2n) is 4.12. The third-order valence-corrected chi connectivity index (χ3v) is 2.92. The molecule has 1 N–H and O–H groups in total. The van der Waals surface area contributed by atoms with E-state index in [4.69, 9.17) is 0 Å². The summed E-state index contributed by atoms with van der Waals surface area (Å²) in [5, 5.41) is 0.989. The van der Waals surface area contributed by atoms with Gasteiger partial charge in [0.05, 0.1) is 0 Å². The van der Waals surface area contributed by atoms with Crippen LogP contribution >= 0.6 is 0 Å². The van der Waals surface area contributed by atoms with E-state index < -0.39 is 0 Å². The Labute approximate surface area is 103 Å². The number of nitrogens with one attached hydrogen (secondary N) is 1. The molecule has 3 rings (SSSR count). The largest absolute Gasteiger partial charge is 0.361 e.